The molecule has 0 aliphatic heterocycles. The largest absolute Gasteiger partial charge is 0.416 e. The molecule has 0 fully saturated rings. The van der Waals surface area contributed by atoms with Gasteiger partial charge in [0.15, 0.2) is 69.8 Å². The lowest BCUT2D eigenvalue weighted by atomic mass is 9.12. The SMILES string of the molecule is C[S+](C)Cc1cc(C(F)(F)F)cc(C(F)(F)F)c1.Fc1c(F)c(F)c([B-](c2c(F)c(F)c(F)c(F)c2F)(c2c(F)c(F)c(F)c(F)c2F)c2c(F)c(F)c(F)c(F)c2F)c(F)c1F. The zero-order chi connectivity index (χ0) is 48.5. The van der Waals surface area contributed by atoms with Gasteiger partial charge in [0.1, 0.15) is 58.4 Å². The molecule has 0 N–H and O–H groups in total. The predicted molar refractivity (Wildman–Crippen MR) is 169 cm³/mol. The molecule has 28 heteroatoms. The third-order valence-corrected chi connectivity index (χ3v) is 9.72. The fourth-order valence-corrected chi connectivity index (χ4v) is 7.14. The molecule has 0 heterocycles. The van der Waals surface area contributed by atoms with Gasteiger partial charge in [0, 0.05) is 5.56 Å². The molecule has 0 aliphatic carbocycles. The molecule has 0 aliphatic rings. The van der Waals surface area contributed by atoms with E-state index >= 15 is 35.1 Å². The van der Waals surface area contributed by atoms with Crippen LogP contribution in [0.25, 0.3) is 0 Å². The maximum atomic E-state index is 15.4. The molecule has 0 aromatic heterocycles. The maximum Gasteiger partial charge on any atom is 0.416 e. The van der Waals surface area contributed by atoms with Crippen molar-refractivity contribution in [2.24, 2.45) is 0 Å². The smallest absolute Gasteiger partial charge is 0.207 e. The normalized spacial score (nSPS) is 12.3. The first kappa shape index (κ1) is 50.3. The van der Waals surface area contributed by atoms with Gasteiger partial charge < -0.3 is 0 Å². The monoisotopic (exact) mass is 968 g/mol. The van der Waals surface area contributed by atoms with Crippen LogP contribution in [-0.4, -0.2) is 18.7 Å². The number of halogens is 26. The molecular weight excluding hydrogens is 957 g/mol. The minimum absolute atomic E-state index is 0.0606. The van der Waals surface area contributed by atoms with Gasteiger partial charge in [-0.1, -0.05) is 0 Å². The summed E-state index contributed by atoms with van der Waals surface area (Å²) in [6, 6.07) is 1.71. The van der Waals surface area contributed by atoms with Crippen molar-refractivity contribution in [1.29, 1.82) is 0 Å². The number of rotatable bonds is 6. The molecule has 63 heavy (non-hydrogen) atoms. The molecule has 0 bridgehead atoms. The summed E-state index contributed by atoms with van der Waals surface area (Å²) < 4.78 is 369. The average molecular weight is 968 g/mol. The van der Waals surface area contributed by atoms with Gasteiger partial charge in [0.2, 0.25) is 0 Å². The Bertz CT molecular complexity index is 2240. The lowest BCUT2D eigenvalue weighted by Gasteiger charge is -2.44. The fourth-order valence-electron chi connectivity index (χ4n) is 6.31. The van der Waals surface area contributed by atoms with E-state index in [4.69, 9.17) is 0 Å². The van der Waals surface area contributed by atoms with E-state index in [9.17, 15) is 79.0 Å². The highest BCUT2D eigenvalue weighted by Gasteiger charge is 2.52. The van der Waals surface area contributed by atoms with Crippen LogP contribution in [0.15, 0.2) is 18.2 Å². The van der Waals surface area contributed by atoms with E-state index in [1.165, 1.54) is 0 Å². The van der Waals surface area contributed by atoms with E-state index in [-0.39, 0.29) is 28.3 Å². The summed E-state index contributed by atoms with van der Waals surface area (Å²) >= 11 is 0. The number of alkyl halides is 6. The lowest BCUT2D eigenvalue weighted by Crippen LogP contribution is -2.81. The summed E-state index contributed by atoms with van der Waals surface area (Å²) in [6.07, 6.45) is -13.2. The van der Waals surface area contributed by atoms with Crippen molar-refractivity contribution < 1.29 is 114 Å². The second-order valence-corrected chi connectivity index (χ2v) is 15.1. The Morgan fingerprint density at radius 3 is 0.651 bits per heavy atom. The first-order valence-corrected chi connectivity index (χ1v) is 18.0. The summed E-state index contributed by atoms with van der Waals surface area (Å²) in [7, 11) is -0.271. The molecular formula is C35H11BF26S. The molecule has 0 unspecified atom stereocenters. The third kappa shape index (κ3) is 8.33. The Balaban J connectivity index is 0.000000405. The quantitative estimate of drug-likeness (QED) is 0.0523. The lowest BCUT2D eigenvalue weighted by molar-refractivity contribution is -0.143. The molecule has 5 rings (SSSR count). The van der Waals surface area contributed by atoms with Crippen molar-refractivity contribution in [3.63, 3.8) is 0 Å². The summed E-state index contributed by atoms with van der Waals surface area (Å²) in [4.78, 5) is 0. The zero-order valence-electron chi connectivity index (χ0n) is 29.8. The third-order valence-electron chi connectivity index (χ3n) is 8.81. The van der Waals surface area contributed by atoms with Gasteiger partial charge in [-0.2, -0.15) is 26.3 Å². The number of benzene rings is 5. The Hall–Kier alpha value is -5.31. The van der Waals surface area contributed by atoms with E-state index in [1.807, 2.05) is 0 Å². The van der Waals surface area contributed by atoms with Gasteiger partial charge >= 0.3 is 12.4 Å². The molecule has 5 aromatic rings. The summed E-state index contributed by atoms with van der Waals surface area (Å²) in [5, 5.41) is 0. The Kier molecular flexibility index (Phi) is 13.9. The second kappa shape index (κ2) is 17.3. The molecule has 0 saturated heterocycles. The molecule has 0 nitrogen and oxygen atoms in total. The van der Waals surface area contributed by atoms with Gasteiger partial charge in [0.25, 0.3) is 0 Å². The summed E-state index contributed by atoms with van der Waals surface area (Å²) in [5.41, 5.74) is -16.8. The van der Waals surface area contributed by atoms with E-state index in [0.717, 1.165) is 12.1 Å². The van der Waals surface area contributed by atoms with Gasteiger partial charge in [-0.05, 0) is 29.1 Å². The van der Waals surface area contributed by atoms with Crippen LogP contribution in [0.1, 0.15) is 16.7 Å². The van der Waals surface area contributed by atoms with Crippen LogP contribution in [0.4, 0.5) is 114 Å². The van der Waals surface area contributed by atoms with Gasteiger partial charge in [0.05, 0.1) is 23.6 Å². The van der Waals surface area contributed by atoms with Crippen molar-refractivity contribution in [2.75, 3.05) is 12.5 Å². The fraction of sp³-hybridized carbons (Fsp3) is 0.143. The van der Waals surface area contributed by atoms with Crippen molar-refractivity contribution >= 4 is 38.9 Å². The second-order valence-electron chi connectivity index (χ2n) is 12.8. The van der Waals surface area contributed by atoms with Crippen molar-refractivity contribution in [1.82, 2.24) is 0 Å². The molecule has 5 aromatic carbocycles. The Morgan fingerprint density at radius 2 is 0.492 bits per heavy atom. The van der Waals surface area contributed by atoms with E-state index < -0.39 is 168 Å². The van der Waals surface area contributed by atoms with Crippen molar-refractivity contribution in [2.45, 2.75) is 18.1 Å². The van der Waals surface area contributed by atoms with Crippen molar-refractivity contribution in [3.8, 4) is 0 Å². The Labute approximate surface area is 335 Å². The van der Waals surface area contributed by atoms with Crippen molar-refractivity contribution in [3.05, 3.63) is 151 Å². The number of hydrogen-bond acceptors (Lipinski definition) is 0. The highest BCUT2D eigenvalue weighted by molar-refractivity contribution is 7.94. The highest BCUT2D eigenvalue weighted by atomic mass is 32.2. The van der Waals surface area contributed by atoms with Crippen LogP contribution in [-0.2, 0) is 29.0 Å². The molecule has 0 radical (unpaired) electrons. The van der Waals surface area contributed by atoms with Gasteiger partial charge in [-0.25, -0.2) is 87.8 Å². The standard InChI is InChI=1S/C24BF20.C11H11F6S/c26-5-1(6(27)14(35)21(42)13(5)34)25(2-7(28)15(36)22(43)16(37)8(2)29,3-9(30)17(38)23(44)18(39)10(3)31)4-11(32)19(40)24(45)20(41)12(4)33;1-18(2)6-7-3-8(10(12,13)14)5-9(4-7)11(15,16)17/h;3-5H,6H2,1-2H3/q-1;+1. The van der Waals surface area contributed by atoms with Crippen LogP contribution in [0.3, 0.4) is 0 Å². The minimum atomic E-state index is -7.22. The maximum absolute atomic E-state index is 15.4. The molecule has 0 amide bonds. The Morgan fingerprint density at radius 1 is 0.317 bits per heavy atom. The van der Waals surface area contributed by atoms with Crippen LogP contribution in [0.5, 0.6) is 0 Å². The van der Waals surface area contributed by atoms with Gasteiger partial charge in [-0.15, -0.1) is 21.9 Å². The first-order chi connectivity index (χ1) is 28.7. The zero-order valence-corrected chi connectivity index (χ0v) is 30.6. The molecule has 342 valence electrons. The minimum Gasteiger partial charge on any atom is -0.207 e. The van der Waals surface area contributed by atoms with Crippen LogP contribution < -0.4 is 21.9 Å². The van der Waals surface area contributed by atoms with E-state index in [1.54, 1.807) is 12.5 Å². The van der Waals surface area contributed by atoms with Crippen LogP contribution in [0, 0.1) is 116 Å². The van der Waals surface area contributed by atoms with E-state index in [2.05, 4.69) is 0 Å². The highest BCUT2D eigenvalue weighted by Crippen LogP contribution is 2.37. The molecule has 0 spiro atoms. The molecule has 0 atom stereocenters. The topological polar surface area (TPSA) is 0 Å². The molecule has 0 saturated carbocycles. The van der Waals surface area contributed by atoms with E-state index in [0.29, 0.717) is 0 Å². The summed E-state index contributed by atoms with van der Waals surface area (Å²) in [5.74, 6) is -71.2. The van der Waals surface area contributed by atoms with Crippen LogP contribution >= 0.6 is 0 Å². The van der Waals surface area contributed by atoms with Crippen LogP contribution in [0.2, 0.25) is 0 Å². The average Bonchev–Trinajstić information content (AvgIpc) is 3.20. The first-order valence-electron chi connectivity index (χ1n) is 15.8. The van der Waals surface area contributed by atoms with Gasteiger partial charge in [-0.3, -0.25) is 0 Å². The number of hydrogen-bond donors (Lipinski definition) is 0. The predicted octanol–water partition coefficient (Wildman–Crippen LogP) is 9.95. The summed E-state index contributed by atoms with van der Waals surface area (Å²) in [6.45, 7) is 0.